The van der Waals surface area contributed by atoms with Gasteiger partial charge >= 0.3 is 0 Å². The molecular weight excluding hydrogens is 565 g/mol. The van der Waals surface area contributed by atoms with E-state index in [2.05, 4.69) is 192 Å². The van der Waals surface area contributed by atoms with Crippen molar-refractivity contribution < 1.29 is 0 Å². The lowest BCUT2D eigenvalue weighted by Gasteiger charge is -2.50. The van der Waals surface area contributed by atoms with Crippen LogP contribution in [0.3, 0.4) is 0 Å². The van der Waals surface area contributed by atoms with Gasteiger partial charge in [0.1, 0.15) is 0 Å². The molecule has 0 unspecified atom stereocenters. The average Bonchev–Trinajstić information content (AvgIpc) is 2.76. The van der Waals surface area contributed by atoms with Crippen molar-refractivity contribution in [2.75, 3.05) is 0 Å². The normalized spacial score (nSPS) is 15.0. The predicted molar refractivity (Wildman–Crippen MR) is 215 cm³/mol. The minimum atomic E-state index is -0.272. The zero-order valence-corrected chi connectivity index (χ0v) is 36.7. The van der Waals surface area contributed by atoms with Crippen molar-refractivity contribution in [2.24, 2.45) is 0 Å². The van der Waals surface area contributed by atoms with Crippen LogP contribution in [0.2, 0.25) is 0 Å². The summed E-state index contributed by atoms with van der Waals surface area (Å²) in [5, 5.41) is 0. The fourth-order valence-corrected chi connectivity index (χ4v) is 8.23. The van der Waals surface area contributed by atoms with E-state index in [1.165, 1.54) is 22.3 Å². The summed E-state index contributed by atoms with van der Waals surface area (Å²) in [6.07, 6.45) is 0. The summed E-state index contributed by atoms with van der Waals surface area (Å²) in [5.41, 5.74) is 14.9. The second-order valence-electron chi connectivity index (χ2n) is 23.8. The highest BCUT2D eigenvalue weighted by Crippen LogP contribution is 2.56. The molecule has 0 aliphatic carbocycles. The molecule has 47 heavy (non-hydrogen) atoms. The second kappa shape index (κ2) is 11.8. The Morgan fingerprint density at radius 3 is 0.681 bits per heavy atom. The van der Waals surface area contributed by atoms with E-state index in [1.807, 2.05) is 0 Å². The molecule has 2 rings (SSSR count). The third-order valence-corrected chi connectivity index (χ3v) is 10.1. The zero-order chi connectivity index (χ0) is 37.7. The topological polar surface area (TPSA) is 0 Å². The molecule has 0 heterocycles. The first-order valence-corrected chi connectivity index (χ1v) is 18.7. The fraction of sp³-hybridized carbons (Fsp3) is 0.745. The minimum Gasteiger partial charge on any atom is -0.0561 e. The third-order valence-electron chi connectivity index (χ3n) is 10.1. The van der Waals surface area contributed by atoms with Crippen molar-refractivity contribution in [3.63, 3.8) is 0 Å². The molecule has 268 valence electrons. The Balaban J connectivity index is 3.79. The van der Waals surface area contributed by atoms with Gasteiger partial charge in [-0.2, -0.15) is 0 Å². The molecule has 0 aliphatic heterocycles. The van der Waals surface area contributed by atoms with Crippen LogP contribution in [-0.4, -0.2) is 0 Å². The first-order chi connectivity index (χ1) is 20.2. The van der Waals surface area contributed by atoms with E-state index in [1.54, 1.807) is 33.4 Å². The Morgan fingerprint density at radius 2 is 0.468 bits per heavy atom. The van der Waals surface area contributed by atoms with Gasteiger partial charge < -0.3 is 0 Å². The van der Waals surface area contributed by atoms with E-state index >= 15 is 0 Å². The smallest absolute Gasteiger partial charge is 0.0155 e. The molecule has 0 saturated heterocycles. The molecule has 0 spiro atoms. The highest BCUT2D eigenvalue weighted by molar-refractivity contribution is 5.67. The lowest BCUT2D eigenvalue weighted by molar-refractivity contribution is 0.436. The monoisotopic (exact) mass is 645 g/mol. The summed E-state index contributed by atoms with van der Waals surface area (Å²) in [6.45, 7) is 63.9. The molecule has 0 saturated carbocycles. The van der Waals surface area contributed by atoms with Gasteiger partial charge in [-0.05, 0) is 99.0 Å². The minimum absolute atomic E-state index is 0.0116. The van der Waals surface area contributed by atoms with Crippen LogP contribution in [0.5, 0.6) is 0 Å². The quantitative estimate of drug-likeness (QED) is 0.305. The van der Waals surface area contributed by atoms with Gasteiger partial charge in [-0.1, -0.05) is 192 Å². The summed E-state index contributed by atoms with van der Waals surface area (Å²) >= 11 is 0. The van der Waals surface area contributed by atoms with Gasteiger partial charge in [0.2, 0.25) is 0 Å². The van der Waals surface area contributed by atoms with Crippen LogP contribution in [0, 0.1) is 0 Å². The molecule has 0 radical (unpaired) electrons. The molecule has 0 heteroatoms. The van der Waals surface area contributed by atoms with Crippen LogP contribution in [0.4, 0.5) is 0 Å². The van der Waals surface area contributed by atoms with Gasteiger partial charge in [0.15, 0.2) is 0 Å². The van der Waals surface area contributed by atoms with Crippen LogP contribution >= 0.6 is 0 Å². The van der Waals surface area contributed by atoms with Gasteiger partial charge in [0, 0.05) is 5.41 Å². The summed E-state index contributed by atoms with van der Waals surface area (Å²) in [4.78, 5) is 0. The number of benzene rings is 2. The average molecular weight is 645 g/mol. The van der Waals surface area contributed by atoms with Crippen molar-refractivity contribution in [3.05, 3.63) is 67.8 Å². The molecule has 0 fully saturated rings. The number of hydrogen-bond donors (Lipinski definition) is 0. The van der Waals surface area contributed by atoms with E-state index in [0.717, 1.165) is 0 Å². The van der Waals surface area contributed by atoms with E-state index in [-0.39, 0.29) is 48.7 Å². The molecule has 0 atom stereocenters. The van der Waals surface area contributed by atoms with E-state index in [4.69, 9.17) is 0 Å². The summed E-state index contributed by atoms with van der Waals surface area (Å²) in [6, 6.07) is 5.18. The zero-order valence-electron chi connectivity index (χ0n) is 36.7. The van der Waals surface area contributed by atoms with Crippen LogP contribution in [-0.2, 0) is 48.7 Å². The lowest BCUT2D eigenvalue weighted by Crippen LogP contribution is -2.41. The molecule has 0 amide bonds. The Labute approximate surface area is 295 Å². The van der Waals surface area contributed by atoms with Crippen molar-refractivity contribution in [2.45, 2.75) is 229 Å². The summed E-state index contributed by atoms with van der Waals surface area (Å²) in [5.74, 6) is 0. The highest BCUT2D eigenvalue weighted by Gasteiger charge is 2.47. The second-order valence-corrected chi connectivity index (χ2v) is 23.8. The molecular formula is C47H80. The maximum Gasteiger partial charge on any atom is 0.0155 e. The highest BCUT2D eigenvalue weighted by atomic mass is 14.5. The van der Waals surface area contributed by atoms with E-state index in [9.17, 15) is 0 Å². The third kappa shape index (κ3) is 8.26. The van der Waals surface area contributed by atoms with Crippen molar-refractivity contribution in [3.8, 4) is 0 Å². The number of hydrogen-bond acceptors (Lipinski definition) is 0. The molecule has 0 N–H and O–H groups in total. The Morgan fingerprint density at radius 1 is 0.234 bits per heavy atom. The van der Waals surface area contributed by atoms with Crippen LogP contribution in [0.1, 0.15) is 236 Å². The molecule has 0 nitrogen and oxygen atoms in total. The van der Waals surface area contributed by atoms with Crippen LogP contribution in [0.15, 0.2) is 12.1 Å². The van der Waals surface area contributed by atoms with Gasteiger partial charge in [-0.3, -0.25) is 0 Å². The van der Waals surface area contributed by atoms with E-state index < -0.39 is 0 Å². The number of rotatable bonds is 2. The summed E-state index contributed by atoms with van der Waals surface area (Å²) in [7, 11) is 0. The SMILES string of the molecule is CC(C)(C)c1cc(C(C)(C)C)c(C(C)(C)C)c(C(C)(C)c2c(C(C)(C)C)c(C(C)(C)C)c(C(C)(C)C)c(C(C)(C)C)c2C(C)(C)C)c1. The maximum atomic E-state index is 2.62. The standard InChI is InChI=1S/C47H80/c1-39(2,3)29-27-30(40(4,5)6)32(41(7,8)9)31(28-29)47(25,26)38-36(45(19,20)21)34(43(13,14)15)33(42(10,11)12)35(44(16,17)18)37(38)46(22,23)24/h27-28H,1-26H3. The Bertz CT molecular complexity index is 1410. The predicted octanol–water partition coefficient (Wildman–Crippen LogP) is 14.4. The molecule has 0 aliphatic rings. The summed E-state index contributed by atoms with van der Waals surface area (Å²) < 4.78 is 0. The van der Waals surface area contributed by atoms with E-state index in [0.29, 0.717) is 0 Å². The first-order valence-electron chi connectivity index (χ1n) is 18.7. The lowest BCUT2D eigenvalue weighted by atomic mass is 9.54. The van der Waals surface area contributed by atoms with Crippen molar-refractivity contribution >= 4 is 0 Å². The van der Waals surface area contributed by atoms with Gasteiger partial charge in [-0.25, -0.2) is 0 Å². The van der Waals surface area contributed by atoms with Gasteiger partial charge in [-0.15, -0.1) is 0 Å². The largest absolute Gasteiger partial charge is 0.0561 e. The molecule has 0 aromatic heterocycles. The van der Waals surface area contributed by atoms with Gasteiger partial charge in [0.05, 0.1) is 0 Å². The Hall–Kier alpha value is -1.56. The van der Waals surface area contributed by atoms with Crippen LogP contribution < -0.4 is 0 Å². The molecule has 0 bridgehead atoms. The van der Waals surface area contributed by atoms with Gasteiger partial charge in [0.25, 0.3) is 0 Å². The maximum absolute atomic E-state index is 2.62. The Kier molecular flexibility index (Phi) is 10.4. The van der Waals surface area contributed by atoms with Crippen molar-refractivity contribution in [1.82, 2.24) is 0 Å². The fourth-order valence-electron chi connectivity index (χ4n) is 8.23. The molecule has 2 aromatic carbocycles. The van der Waals surface area contributed by atoms with Crippen molar-refractivity contribution in [1.29, 1.82) is 0 Å². The van der Waals surface area contributed by atoms with Crippen LogP contribution in [0.25, 0.3) is 0 Å². The first kappa shape index (κ1) is 41.6. The molecule has 2 aromatic rings.